The van der Waals surface area contributed by atoms with Crippen LogP contribution in [0.5, 0.6) is 11.5 Å². The Labute approximate surface area is 185 Å². The van der Waals surface area contributed by atoms with E-state index in [0.717, 1.165) is 9.13 Å². The molecule has 2 aromatic carbocycles. The summed E-state index contributed by atoms with van der Waals surface area (Å²) in [6.07, 6.45) is 1.36. The monoisotopic (exact) mass is 559 g/mol. The number of hydrogen-bond acceptors (Lipinski definition) is 4. The van der Waals surface area contributed by atoms with Crippen molar-refractivity contribution in [2.45, 2.75) is 20.5 Å². The maximum Gasteiger partial charge on any atom is 0.352 e. The Hall–Kier alpha value is -2.07. The van der Waals surface area contributed by atoms with E-state index in [2.05, 4.69) is 43.8 Å². The highest BCUT2D eigenvalue weighted by Gasteiger charge is 2.15. The highest BCUT2D eigenvalue weighted by atomic mass is 127. The second-order valence-electron chi connectivity index (χ2n) is 5.69. The molecule has 6 nitrogen and oxygen atoms in total. The van der Waals surface area contributed by atoms with Gasteiger partial charge in [0, 0.05) is 16.1 Å². The number of carbonyl (C=O) groups excluding carboxylic acids is 1. The molecule has 148 valence electrons. The summed E-state index contributed by atoms with van der Waals surface area (Å²) in [5, 5.41) is 11.6. The molecule has 0 spiro atoms. The Bertz CT molecular complexity index is 913. The average molecular weight is 560 g/mol. The fourth-order valence-corrected chi connectivity index (χ4v) is 3.46. The zero-order valence-electron chi connectivity index (χ0n) is 15.3. The van der Waals surface area contributed by atoms with Crippen molar-refractivity contribution in [1.82, 2.24) is 5.32 Å². The lowest BCUT2D eigenvalue weighted by atomic mass is 10.1. The van der Waals surface area contributed by atoms with E-state index < -0.39 is 11.9 Å². The number of benzene rings is 2. The van der Waals surface area contributed by atoms with Gasteiger partial charge in [0.05, 0.1) is 11.1 Å². The molecule has 0 aliphatic heterocycles. The van der Waals surface area contributed by atoms with Crippen molar-refractivity contribution in [2.24, 2.45) is 0 Å². The molecule has 0 bridgehead atoms. The summed E-state index contributed by atoms with van der Waals surface area (Å²) >= 11 is 5.72. The van der Waals surface area contributed by atoms with Crippen LogP contribution in [0.4, 0.5) is 0 Å². The molecule has 0 aromatic heterocycles. The predicted molar refractivity (Wildman–Crippen MR) is 118 cm³/mol. The van der Waals surface area contributed by atoms with Crippen LogP contribution in [-0.4, -0.2) is 23.6 Å². The largest absolute Gasteiger partial charge is 0.490 e. The number of nitrogens with one attached hydrogen (secondary N) is 1. The fraction of sp³-hybridized carbons (Fsp3) is 0.200. The Morgan fingerprint density at radius 1 is 1.25 bits per heavy atom. The third kappa shape index (κ3) is 6.23. The van der Waals surface area contributed by atoms with Gasteiger partial charge in [0.15, 0.2) is 11.5 Å². The first kappa shape index (κ1) is 22.2. The number of hydrogen-bond donors (Lipinski definition) is 2. The molecule has 2 N–H and O–H groups in total. The molecule has 2 rings (SSSR count). The van der Waals surface area contributed by atoms with E-state index in [1.165, 1.54) is 13.0 Å². The van der Waals surface area contributed by atoms with Crippen LogP contribution in [0.3, 0.4) is 0 Å². The Balaban J connectivity index is 2.36. The minimum absolute atomic E-state index is 0.227. The first-order valence-electron chi connectivity index (χ1n) is 8.37. The molecular weight excluding hydrogens is 541 g/mol. The van der Waals surface area contributed by atoms with Crippen molar-refractivity contribution < 1.29 is 24.2 Å². The lowest BCUT2D eigenvalue weighted by molar-refractivity contribution is -0.134. The molecule has 28 heavy (non-hydrogen) atoms. The zero-order chi connectivity index (χ0) is 20.7. The molecule has 0 atom stereocenters. The third-order valence-corrected chi connectivity index (χ3v) is 5.16. The molecule has 2 aromatic rings. The molecule has 0 saturated carbocycles. The second kappa shape index (κ2) is 10.5. The first-order chi connectivity index (χ1) is 13.3. The normalized spacial score (nSPS) is 11.1. The number of halogens is 2. The van der Waals surface area contributed by atoms with Crippen LogP contribution >= 0.6 is 38.5 Å². The SMILES string of the molecule is CCOc1cc(/C=C(/NC(C)=O)C(=O)O)cc(Br)c1OCc1ccccc1I. The van der Waals surface area contributed by atoms with Crippen LogP contribution < -0.4 is 14.8 Å². The molecule has 0 aliphatic rings. The fourth-order valence-electron chi connectivity index (χ4n) is 2.35. The van der Waals surface area contributed by atoms with Gasteiger partial charge in [-0.2, -0.15) is 0 Å². The van der Waals surface area contributed by atoms with Gasteiger partial charge in [-0.3, -0.25) is 4.79 Å². The quantitative estimate of drug-likeness (QED) is 0.365. The highest BCUT2D eigenvalue weighted by molar-refractivity contribution is 14.1. The number of ether oxygens (including phenoxy) is 2. The average Bonchev–Trinajstić information content (AvgIpc) is 2.61. The van der Waals surface area contributed by atoms with Gasteiger partial charge in [-0.1, -0.05) is 18.2 Å². The summed E-state index contributed by atoms with van der Waals surface area (Å²) in [6, 6.07) is 11.3. The number of carboxylic acid groups (broad SMARTS) is 1. The molecule has 0 saturated heterocycles. The van der Waals surface area contributed by atoms with Crippen LogP contribution in [0, 0.1) is 3.57 Å². The van der Waals surface area contributed by atoms with Crippen LogP contribution in [0.15, 0.2) is 46.6 Å². The topological polar surface area (TPSA) is 84.9 Å². The summed E-state index contributed by atoms with van der Waals surface area (Å²) in [6.45, 7) is 3.87. The Kier molecular flexibility index (Phi) is 8.31. The molecule has 1 amide bonds. The van der Waals surface area contributed by atoms with E-state index in [9.17, 15) is 14.7 Å². The molecule has 0 heterocycles. The summed E-state index contributed by atoms with van der Waals surface area (Å²) in [4.78, 5) is 22.6. The van der Waals surface area contributed by atoms with Crippen molar-refractivity contribution in [3.05, 3.63) is 61.3 Å². The van der Waals surface area contributed by atoms with Gasteiger partial charge in [0.2, 0.25) is 5.91 Å². The Morgan fingerprint density at radius 2 is 1.96 bits per heavy atom. The number of aliphatic carboxylic acids is 1. The van der Waals surface area contributed by atoms with Crippen molar-refractivity contribution in [3.63, 3.8) is 0 Å². The number of carbonyl (C=O) groups is 2. The lowest BCUT2D eigenvalue weighted by Crippen LogP contribution is -2.24. The predicted octanol–water partition coefficient (Wildman–Crippen LogP) is 4.59. The van der Waals surface area contributed by atoms with Crippen molar-refractivity contribution in [3.8, 4) is 11.5 Å². The van der Waals surface area contributed by atoms with Crippen LogP contribution in [0.25, 0.3) is 6.08 Å². The molecule has 0 aliphatic carbocycles. The maximum atomic E-state index is 11.3. The summed E-state index contributed by atoms with van der Waals surface area (Å²) in [5.74, 6) is -0.699. The van der Waals surface area contributed by atoms with E-state index in [1.807, 2.05) is 31.2 Å². The highest BCUT2D eigenvalue weighted by Crippen LogP contribution is 2.38. The number of rotatable bonds is 8. The zero-order valence-corrected chi connectivity index (χ0v) is 19.0. The van der Waals surface area contributed by atoms with E-state index in [1.54, 1.807) is 12.1 Å². The summed E-state index contributed by atoms with van der Waals surface area (Å²) in [7, 11) is 0. The third-order valence-electron chi connectivity index (χ3n) is 3.51. The van der Waals surface area contributed by atoms with Gasteiger partial charge in [-0.15, -0.1) is 0 Å². The minimum atomic E-state index is -1.23. The Morgan fingerprint density at radius 3 is 2.57 bits per heavy atom. The van der Waals surface area contributed by atoms with Gasteiger partial charge in [0.25, 0.3) is 0 Å². The van der Waals surface area contributed by atoms with E-state index in [-0.39, 0.29) is 5.70 Å². The van der Waals surface area contributed by atoms with Gasteiger partial charge >= 0.3 is 5.97 Å². The van der Waals surface area contributed by atoms with Crippen LogP contribution in [0.1, 0.15) is 25.0 Å². The van der Waals surface area contributed by atoms with E-state index in [0.29, 0.717) is 34.7 Å². The maximum absolute atomic E-state index is 11.3. The number of carboxylic acids is 1. The minimum Gasteiger partial charge on any atom is -0.490 e. The molecule has 8 heteroatoms. The van der Waals surface area contributed by atoms with Gasteiger partial charge in [-0.05, 0) is 75.3 Å². The van der Waals surface area contributed by atoms with Gasteiger partial charge in [-0.25, -0.2) is 4.79 Å². The molecule has 0 unspecified atom stereocenters. The first-order valence-corrected chi connectivity index (χ1v) is 10.2. The smallest absolute Gasteiger partial charge is 0.352 e. The van der Waals surface area contributed by atoms with Gasteiger partial charge < -0.3 is 19.9 Å². The van der Waals surface area contributed by atoms with Crippen LogP contribution in [-0.2, 0) is 16.2 Å². The van der Waals surface area contributed by atoms with Crippen molar-refractivity contribution >= 4 is 56.5 Å². The second-order valence-corrected chi connectivity index (χ2v) is 7.70. The summed E-state index contributed by atoms with van der Waals surface area (Å²) in [5.41, 5.74) is 1.36. The van der Waals surface area contributed by atoms with Crippen molar-refractivity contribution in [2.75, 3.05) is 6.61 Å². The molecular formula is C20H19BrINO5. The van der Waals surface area contributed by atoms with E-state index >= 15 is 0 Å². The molecule has 0 radical (unpaired) electrons. The lowest BCUT2D eigenvalue weighted by Gasteiger charge is -2.15. The van der Waals surface area contributed by atoms with E-state index in [4.69, 9.17) is 9.47 Å². The summed E-state index contributed by atoms with van der Waals surface area (Å²) < 4.78 is 13.4. The number of amides is 1. The van der Waals surface area contributed by atoms with Gasteiger partial charge in [0.1, 0.15) is 12.3 Å². The molecule has 0 fully saturated rings. The standard InChI is InChI=1S/C20H19BrINO5/c1-3-27-18-10-13(9-17(20(25)26)23-12(2)24)8-15(21)19(18)28-11-14-6-4-5-7-16(14)22/h4-10H,3,11H2,1-2H3,(H,23,24)(H,25,26)/b17-9+. The van der Waals surface area contributed by atoms with Crippen LogP contribution in [0.2, 0.25) is 0 Å². The van der Waals surface area contributed by atoms with Crippen molar-refractivity contribution in [1.29, 1.82) is 0 Å².